The summed E-state index contributed by atoms with van der Waals surface area (Å²) in [6.45, 7) is 8.93. The summed E-state index contributed by atoms with van der Waals surface area (Å²) < 4.78 is 2.22. The maximum Gasteiger partial charge on any atom is 0.0501 e. The van der Waals surface area contributed by atoms with E-state index in [2.05, 4.69) is 71.6 Å². The van der Waals surface area contributed by atoms with Gasteiger partial charge in [-0.05, 0) is 47.2 Å². The van der Waals surface area contributed by atoms with Gasteiger partial charge in [0, 0.05) is 42.8 Å². The van der Waals surface area contributed by atoms with Crippen LogP contribution in [0.5, 0.6) is 0 Å². The van der Waals surface area contributed by atoms with E-state index in [1.54, 1.807) is 0 Å². The maximum absolute atomic E-state index is 5.73. The first-order chi connectivity index (χ1) is 11.7. The summed E-state index contributed by atoms with van der Waals surface area (Å²) >= 11 is 0. The number of nitrogens with two attached hydrogens (primary N) is 1. The van der Waals surface area contributed by atoms with Crippen LogP contribution in [-0.2, 0) is 19.5 Å². The molecule has 2 aromatic carbocycles. The normalized spacial score (nSPS) is 13.8. The van der Waals surface area contributed by atoms with E-state index in [4.69, 9.17) is 5.73 Å². The van der Waals surface area contributed by atoms with Gasteiger partial charge < -0.3 is 15.2 Å². The van der Waals surface area contributed by atoms with Crippen LogP contribution in [0.2, 0.25) is 0 Å². The first-order valence-electron chi connectivity index (χ1n) is 8.59. The number of fused-ring (bicyclic) bond motifs is 2. The van der Waals surface area contributed by atoms with Crippen LogP contribution < -0.4 is 10.6 Å². The number of hydrogen-bond donors (Lipinski definition) is 1. The average Bonchev–Trinajstić information content (AvgIpc) is 3.16. The van der Waals surface area contributed by atoms with E-state index < -0.39 is 0 Å². The SMILES string of the molecule is C=C1c2cc(CC)ccc2CN1c1ccc2ccn(CCN)c2c1. The molecule has 3 heteroatoms. The number of aryl methyl sites for hydroxylation is 1. The molecule has 4 rings (SSSR count). The topological polar surface area (TPSA) is 34.2 Å². The number of nitrogens with zero attached hydrogens (tertiary/aromatic N) is 2. The summed E-state index contributed by atoms with van der Waals surface area (Å²) in [5.74, 6) is 0. The molecular formula is C21H23N3. The van der Waals surface area contributed by atoms with Crippen molar-refractivity contribution in [2.45, 2.75) is 26.4 Å². The van der Waals surface area contributed by atoms with Crippen LogP contribution >= 0.6 is 0 Å². The van der Waals surface area contributed by atoms with E-state index in [0.717, 1.165) is 25.2 Å². The Hall–Kier alpha value is -2.52. The predicted octanol–water partition coefficient (Wildman–Crippen LogP) is 4.15. The van der Waals surface area contributed by atoms with Gasteiger partial charge in [0.05, 0.1) is 5.52 Å². The Balaban J connectivity index is 1.73. The fourth-order valence-corrected chi connectivity index (χ4v) is 3.58. The van der Waals surface area contributed by atoms with Crippen LogP contribution in [0.15, 0.2) is 55.2 Å². The largest absolute Gasteiger partial charge is 0.346 e. The van der Waals surface area contributed by atoms with Crippen LogP contribution in [0.4, 0.5) is 5.69 Å². The summed E-state index contributed by atoms with van der Waals surface area (Å²) in [7, 11) is 0. The first-order valence-corrected chi connectivity index (χ1v) is 8.59. The number of benzene rings is 2. The van der Waals surface area contributed by atoms with Crippen molar-refractivity contribution in [3.63, 3.8) is 0 Å². The standard InChI is InChI=1S/C21H23N3/c1-3-16-4-5-18-14-24(15(2)20(18)12-16)19-7-6-17-8-10-23(11-9-22)21(17)13-19/h4-8,10,12-13H,2-3,9,11,14,22H2,1H3. The molecule has 0 bridgehead atoms. The third kappa shape index (κ3) is 2.33. The second kappa shape index (κ2) is 5.84. The third-order valence-corrected chi connectivity index (χ3v) is 4.99. The van der Waals surface area contributed by atoms with Crippen molar-refractivity contribution in [1.82, 2.24) is 4.57 Å². The first kappa shape index (κ1) is 15.0. The summed E-state index contributed by atoms with van der Waals surface area (Å²) in [4.78, 5) is 2.31. The van der Waals surface area contributed by atoms with E-state index in [1.165, 1.54) is 33.3 Å². The Morgan fingerprint density at radius 1 is 1.12 bits per heavy atom. The minimum absolute atomic E-state index is 0.648. The van der Waals surface area contributed by atoms with Gasteiger partial charge in [0.1, 0.15) is 0 Å². The van der Waals surface area contributed by atoms with E-state index >= 15 is 0 Å². The van der Waals surface area contributed by atoms with Gasteiger partial charge in [-0.2, -0.15) is 0 Å². The zero-order valence-electron chi connectivity index (χ0n) is 14.1. The van der Waals surface area contributed by atoms with Crippen molar-refractivity contribution in [3.8, 4) is 0 Å². The lowest BCUT2D eigenvalue weighted by molar-refractivity contribution is 0.735. The molecule has 1 aromatic heterocycles. The van der Waals surface area contributed by atoms with Crippen LogP contribution in [0.1, 0.15) is 23.6 Å². The monoisotopic (exact) mass is 317 g/mol. The van der Waals surface area contributed by atoms with Gasteiger partial charge in [-0.15, -0.1) is 0 Å². The van der Waals surface area contributed by atoms with Crippen molar-refractivity contribution < 1.29 is 0 Å². The Morgan fingerprint density at radius 2 is 2.00 bits per heavy atom. The van der Waals surface area contributed by atoms with Crippen molar-refractivity contribution in [1.29, 1.82) is 0 Å². The Labute approximate surface area is 143 Å². The molecule has 122 valence electrons. The fourth-order valence-electron chi connectivity index (χ4n) is 3.58. The maximum atomic E-state index is 5.73. The summed E-state index contributed by atoms with van der Waals surface area (Å²) in [6, 6.07) is 15.5. The Kier molecular flexibility index (Phi) is 3.66. The molecule has 0 atom stereocenters. The fraction of sp³-hybridized carbons (Fsp3) is 0.238. The van der Waals surface area contributed by atoms with Crippen LogP contribution in [0, 0.1) is 0 Å². The molecule has 0 fully saturated rings. The van der Waals surface area contributed by atoms with Crippen LogP contribution in [0.3, 0.4) is 0 Å². The van der Waals surface area contributed by atoms with Crippen molar-refractivity contribution >= 4 is 22.3 Å². The highest BCUT2D eigenvalue weighted by Crippen LogP contribution is 2.37. The third-order valence-electron chi connectivity index (χ3n) is 4.99. The highest BCUT2D eigenvalue weighted by atomic mass is 15.2. The van der Waals surface area contributed by atoms with E-state index in [1.807, 2.05) is 0 Å². The molecule has 0 amide bonds. The number of aromatic nitrogens is 1. The Bertz CT molecular complexity index is 920. The summed E-state index contributed by atoms with van der Waals surface area (Å²) in [6.07, 6.45) is 3.17. The zero-order valence-corrected chi connectivity index (χ0v) is 14.1. The van der Waals surface area contributed by atoms with Crippen LogP contribution in [-0.4, -0.2) is 11.1 Å². The highest BCUT2D eigenvalue weighted by molar-refractivity contribution is 5.89. The van der Waals surface area contributed by atoms with Gasteiger partial charge in [0.25, 0.3) is 0 Å². The zero-order chi connectivity index (χ0) is 16.7. The molecule has 0 unspecified atom stereocenters. The predicted molar refractivity (Wildman–Crippen MR) is 102 cm³/mol. The van der Waals surface area contributed by atoms with Crippen molar-refractivity contribution in [2.75, 3.05) is 11.4 Å². The lowest BCUT2D eigenvalue weighted by Gasteiger charge is -2.20. The minimum atomic E-state index is 0.648. The molecule has 0 saturated heterocycles. The molecule has 0 radical (unpaired) electrons. The van der Waals surface area contributed by atoms with Crippen molar-refractivity contribution in [2.24, 2.45) is 5.73 Å². The molecule has 3 aromatic rings. The molecule has 2 heterocycles. The van der Waals surface area contributed by atoms with Gasteiger partial charge in [-0.1, -0.05) is 31.7 Å². The van der Waals surface area contributed by atoms with Gasteiger partial charge in [-0.3, -0.25) is 0 Å². The lowest BCUT2D eigenvalue weighted by atomic mass is 10.0. The second-order valence-corrected chi connectivity index (χ2v) is 6.42. The smallest absolute Gasteiger partial charge is 0.0501 e. The molecule has 1 aliphatic heterocycles. The number of hydrogen-bond acceptors (Lipinski definition) is 2. The molecular weight excluding hydrogens is 294 g/mol. The molecule has 1 aliphatic rings. The van der Waals surface area contributed by atoms with E-state index in [-0.39, 0.29) is 0 Å². The number of anilines is 1. The molecule has 0 saturated carbocycles. The summed E-state index contributed by atoms with van der Waals surface area (Å²) in [5.41, 5.74) is 13.3. The van der Waals surface area contributed by atoms with Gasteiger partial charge in [-0.25, -0.2) is 0 Å². The lowest BCUT2D eigenvalue weighted by Crippen LogP contribution is -2.13. The molecule has 0 aliphatic carbocycles. The molecule has 2 N–H and O–H groups in total. The quantitative estimate of drug-likeness (QED) is 0.784. The minimum Gasteiger partial charge on any atom is -0.346 e. The average molecular weight is 317 g/mol. The van der Waals surface area contributed by atoms with E-state index in [9.17, 15) is 0 Å². The molecule has 3 nitrogen and oxygen atoms in total. The van der Waals surface area contributed by atoms with Crippen LogP contribution in [0.25, 0.3) is 16.6 Å². The number of rotatable bonds is 4. The molecule has 0 spiro atoms. The van der Waals surface area contributed by atoms with E-state index in [0.29, 0.717) is 6.54 Å². The summed E-state index contributed by atoms with van der Waals surface area (Å²) in [5, 5.41) is 1.25. The van der Waals surface area contributed by atoms with Crippen molar-refractivity contribution in [3.05, 3.63) is 71.9 Å². The molecule has 24 heavy (non-hydrogen) atoms. The van der Waals surface area contributed by atoms with Gasteiger partial charge in [0.15, 0.2) is 0 Å². The van der Waals surface area contributed by atoms with Gasteiger partial charge >= 0.3 is 0 Å². The Morgan fingerprint density at radius 3 is 2.79 bits per heavy atom. The second-order valence-electron chi connectivity index (χ2n) is 6.42. The van der Waals surface area contributed by atoms with Gasteiger partial charge in [0.2, 0.25) is 0 Å². The highest BCUT2D eigenvalue weighted by Gasteiger charge is 2.24.